The second-order valence-electron chi connectivity index (χ2n) is 4.19. The van der Waals surface area contributed by atoms with Gasteiger partial charge in [0.25, 0.3) is 0 Å². The summed E-state index contributed by atoms with van der Waals surface area (Å²) in [5.41, 5.74) is 2.57. The molecule has 0 aliphatic carbocycles. The summed E-state index contributed by atoms with van der Waals surface area (Å²) < 4.78 is 0. The van der Waals surface area contributed by atoms with Gasteiger partial charge in [-0.3, -0.25) is 0 Å². The van der Waals surface area contributed by atoms with Crippen LogP contribution >= 0.6 is 34.8 Å². The molecule has 0 saturated carbocycles. The molecule has 0 radical (unpaired) electrons. The van der Waals surface area contributed by atoms with E-state index in [-0.39, 0.29) is 5.15 Å². The first-order chi connectivity index (χ1) is 9.08. The third kappa shape index (κ3) is 3.75. The van der Waals surface area contributed by atoms with Crippen molar-refractivity contribution >= 4 is 40.6 Å². The van der Waals surface area contributed by atoms with Crippen molar-refractivity contribution in [3.8, 4) is 0 Å². The van der Waals surface area contributed by atoms with Gasteiger partial charge in [-0.05, 0) is 30.5 Å². The highest BCUT2D eigenvalue weighted by molar-refractivity contribution is 6.42. The van der Waals surface area contributed by atoms with Crippen LogP contribution in [-0.2, 0) is 6.42 Å². The Morgan fingerprint density at radius 1 is 1.11 bits per heavy atom. The number of hydrogen-bond donors (Lipinski definition) is 1. The molecule has 0 spiro atoms. The van der Waals surface area contributed by atoms with E-state index in [0.717, 1.165) is 13.0 Å². The van der Waals surface area contributed by atoms with Crippen molar-refractivity contribution in [3.05, 3.63) is 56.7 Å². The number of pyridine rings is 1. The average Bonchev–Trinajstić information content (AvgIpc) is 2.38. The van der Waals surface area contributed by atoms with Gasteiger partial charge in [-0.25, -0.2) is 4.98 Å². The molecule has 0 bridgehead atoms. The molecule has 1 heterocycles. The van der Waals surface area contributed by atoms with Crippen LogP contribution in [0, 0.1) is 6.92 Å². The standard InChI is InChI=1S/C14H13Cl3N2/c1-9-4-2-3-5-10(9)6-7-18-14-12(16)8-11(15)13(17)19-14/h2-5,8H,6-7H2,1H3,(H,18,19). The largest absolute Gasteiger partial charge is 0.368 e. The van der Waals surface area contributed by atoms with Gasteiger partial charge in [0.1, 0.15) is 11.0 Å². The number of halogens is 3. The molecule has 2 aromatic rings. The highest BCUT2D eigenvalue weighted by Crippen LogP contribution is 2.28. The van der Waals surface area contributed by atoms with Crippen molar-refractivity contribution in [2.24, 2.45) is 0 Å². The number of hydrogen-bond acceptors (Lipinski definition) is 2. The van der Waals surface area contributed by atoms with E-state index in [2.05, 4.69) is 29.4 Å². The fourth-order valence-electron chi connectivity index (χ4n) is 1.77. The first kappa shape index (κ1) is 14.4. The Morgan fingerprint density at radius 3 is 2.58 bits per heavy atom. The maximum Gasteiger partial charge on any atom is 0.150 e. The van der Waals surface area contributed by atoms with Crippen LogP contribution in [0.25, 0.3) is 0 Å². The SMILES string of the molecule is Cc1ccccc1CCNc1nc(Cl)c(Cl)cc1Cl. The van der Waals surface area contributed by atoms with Gasteiger partial charge in [-0.15, -0.1) is 0 Å². The minimum Gasteiger partial charge on any atom is -0.368 e. The summed E-state index contributed by atoms with van der Waals surface area (Å²) in [4.78, 5) is 4.12. The number of anilines is 1. The molecule has 19 heavy (non-hydrogen) atoms. The minimum atomic E-state index is 0.254. The molecular weight excluding hydrogens is 303 g/mol. The second kappa shape index (κ2) is 6.47. The van der Waals surface area contributed by atoms with Crippen LogP contribution in [0.1, 0.15) is 11.1 Å². The summed E-state index contributed by atoms with van der Waals surface area (Å²) in [5.74, 6) is 0.560. The van der Waals surface area contributed by atoms with Gasteiger partial charge in [0.15, 0.2) is 0 Å². The van der Waals surface area contributed by atoms with Crippen LogP contribution in [0.15, 0.2) is 30.3 Å². The highest BCUT2D eigenvalue weighted by atomic mass is 35.5. The van der Waals surface area contributed by atoms with Crippen LogP contribution < -0.4 is 5.32 Å². The Morgan fingerprint density at radius 2 is 1.84 bits per heavy atom. The predicted molar refractivity (Wildman–Crippen MR) is 82.6 cm³/mol. The van der Waals surface area contributed by atoms with Gasteiger partial charge in [0, 0.05) is 6.54 Å². The molecule has 5 heteroatoms. The van der Waals surface area contributed by atoms with Gasteiger partial charge in [0.2, 0.25) is 0 Å². The molecule has 1 aromatic heterocycles. The van der Waals surface area contributed by atoms with Crippen LogP contribution in [0.4, 0.5) is 5.82 Å². The zero-order valence-electron chi connectivity index (χ0n) is 10.4. The van der Waals surface area contributed by atoms with Gasteiger partial charge >= 0.3 is 0 Å². The van der Waals surface area contributed by atoms with Gasteiger partial charge < -0.3 is 5.32 Å². The fraction of sp³-hybridized carbons (Fsp3) is 0.214. The summed E-state index contributed by atoms with van der Waals surface area (Å²) in [6, 6.07) is 9.87. The maximum atomic E-state index is 6.05. The third-order valence-electron chi connectivity index (χ3n) is 2.83. The van der Waals surface area contributed by atoms with E-state index in [1.807, 2.05) is 12.1 Å². The molecule has 0 aliphatic rings. The van der Waals surface area contributed by atoms with Crippen LogP contribution in [0.3, 0.4) is 0 Å². The molecule has 0 aliphatic heterocycles. The van der Waals surface area contributed by atoms with Crippen molar-refractivity contribution < 1.29 is 0 Å². The molecule has 2 nitrogen and oxygen atoms in total. The van der Waals surface area contributed by atoms with E-state index in [1.165, 1.54) is 11.1 Å². The molecule has 0 fully saturated rings. The lowest BCUT2D eigenvalue weighted by Crippen LogP contribution is -2.07. The van der Waals surface area contributed by atoms with Crippen molar-refractivity contribution in [2.45, 2.75) is 13.3 Å². The lowest BCUT2D eigenvalue weighted by molar-refractivity contribution is 0.994. The molecule has 1 aromatic carbocycles. The van der Waals surface area contributed by atoms with Crippen LogP contribution in [0.5, 0.6) is 0 Å². The number of aryl methyl sites for hydroxylation is 1. The van der Waals surface area contributed by atoms with Crippen LogP contribution in [0.2, 0.25) is 15.2 Å². The number of aromatic nitrogens is 1. The Hall–Kier alpha value is -0.960. The Bertz CT molecular complexity index is 585. The van der Waals surface area contributed by atoms with E-state index >= 15 is 0 Å². The monoisotopic (exact) mass is 314 g/mol. The Balaban J connectivity index is 2.00. The van der Waals surface area contributed by atoms with Gasteiger partial charge in [-0.1, -0.05) is 59.1 Å². The van der Waals surface area contributed by atoms with Crippen LogP contribution in [-0.4, -0.2) is 11.5 Å². The Kier molecular flexibility index (Phi) is 4.92. The van der Waals surface area contributed by atoms with Crippen molar-refractivity contribution in [1.82, 2.24) is 4.98 Å². The zero-order valence-corrected chi connectivity index (χ0v) is 12.6. The van der Waals surface area contributed by atoms with Gasteiger partial charge in [-0.2, -0.15) is 0 Å². The van der Waals surface area contributed by atoms with E-state index in [1.54, 1.807) is 6.07 Å². The first-order valence-corrected chi connectivity index (χ1v) is 7.01. The number of rotatable bonds is 4. The summed E-state index contributed by atoms with van der Waals surface area (Å²) in [6.07, 6.45) is 0.894. The lowest BCUT2D eigenvalue weighted by Gasteiger charge is -2.10. The molecule has 1 N–H and O–H groups in total. The highest BCUT2D eigenvalue weighted by Gasteiger charge is 2.07. The zero-order chi connectivity index (χ0) is 13.8. The Labute approximate surface area is 127 Å². The van der Waals surface area contributed by atoms with E-state index < -0.39 is 0 Å². The first-order valence-electron chi connectivity index (χ1n) is 5.88. The minimum absolute atomic E-state index is 0.254. The summed E-state index contributed by atoms with van der Waals surface area (Å²) in [5, 5.41) is 4.25. The number of benzene rings is 1. The third-order valence-corrected chi connectivity index (χ3v) is 3.80. The van der Waals surface area contributed by atoms with Crippen molar-refractivity contribution in [1.29, 1.82) is 0 Å². The maximum absolute atomic E-state index is 6.05. The van der Waals surface area contributed by atoms with E-state index in [0.29, 0.717) is 15.9 Å². The number of nitrogens with zero attached hydrogens (tertiary/aromatic N) is 1. The summed E-state index contributed by atoms with van der Waals surface area (Å²) in [6.45, 7) is 2.83. The molecule has 0 unspecified atom stereocenters. The summed E-state index contributed by atoms with van der Waals surface area (Å²) in [7, 11) is 0. The molecular formula is C14H13Cl3N2. The van der Waals surface area contributed by atoms with Gasteiger partial charge in [0.05, 0.1) is 10.0 Å². The van der Waals surface area contributed by atoms with Crippen molar-refractivity contribution in [3.63, 3.8) is 0 Å². The average molecular weight is 316 g/mol. The molecule has 100 valence electrons. The molecule has 0 saturated heterocycles. The quantitative estimate of drug-likeness (QED) is 0.803. The molecule has 2 rings (SSSR count). The van der Waals surface area contributed by atoms with Crippen molar-refractivity contribution in [2.75, 3.05) is 11.9 Å². The van der Waals surface area contributed by atoms with E-state index in [4.69, 9.17) is 34.8 Å². The number of nitrogens with one attached hydrogen (secondary N) is 1. The normalized spacial score (nSPS) is 10.5. The molecule has 0 amide bonds. The smallest absolute Gasteiger partial charge is 0.150 e. The van der Waals surface area contributed by atoms with E-state index in [9.17, 15) is 0 Å². The topological polar surface area (TPSA) is 24.9 Å². The summed E-state index contributed by atoms with van der Waals surface area (Å²) >= 11 is 17.7. The second-order valence-corrected chi connectivity index (χ2v) is 5.37. The lowest BCUT2D eigenvalue weighted by atomic mass is 10.1. The molecule has 0 atom stereocenters. The predicted octanol–water partition coefficient (Wildman–Crippen LogP) is 5.00. The fourth-order valence-corrected chi connectivity index (χ4v) is 2.34.